The van der Waals surface area contributed by atoms with E-state index in [1.807, 2.05) is 30.3 Å². The van der Waals surface area contributed by atoms with Crippen LogP contribution < -0.4 is 19.9 Å². The van der Waals surface area contributed by atoms with Crippen LogP contribution in [-0.4, -0.2) is 26.9 Å². The monoisotopic (exact) mass is 329 g/mol. The first-order chi connectivity index (χ1) is 11.8. The third kappa shape index (κ3) is 5.46. The molecular weight excluding hydrogens is 302 g/mol. The molecule has 4 heteroatoms. The zero-order valence-electron chi connectivity index (χ0n) is 14.6. The molecule has 2 N–H and O–H groups in total. The molecule has 0 bridgehead atoms. The average molecular weight is 329 g/mol. The highest BCUT2D eigenvalue weighted by atomic mass is 16.5. The van der Waals surface area contributed by atoms with Crippen molar-refractivity contribution in [2.45, 2.75) is 26.2 Å². The van der Waals surface area contributed by atoms with Crippen LogP contribution in [0.4, 0.5) is 0 Å². The molecule has 0 aliphatic carbocycles. The van der Waals surface area contributed by atoms with Gasteiger partial charge in [0.05, 0.1) is 7.11 Å². The summed E-state index contributed by atoms with van der Waals surface area (Å²) >= 11 is 0. The Bertz CT molecular complexity index is 611. The average Bonchev–Trinajstić information content (AvgIpc) is 2.61. The van der Waals surface area contributed by atoms with Crippen LogP contribution in [0.25, 0.3) is 0 Å². The molecule has 0 saturated carbocycles. The SMILES string of the molecule is CCCc1ccc(OCCOc2ccc(CCN)cc2OC)cc1. The van der Waals surface area contributed by atoms with Crippen LogP contribution in [0.2, 0.25) is 0 Å². The second-order valence-corrected chi connectivity index (χ2v) is 5.61. The lowest BCUT2D eigenvalue weighted by Gasteiger charge is -2.13. The highest BCUT2D eigenvalue weighted by molar-refractivity contribution is 5.43. The molecule has 0 fully saturated rings. The standard InChI is InChI=1S/C20H27NO3/c1-3-4-16-5-8-18(9-6-16)23-13-14-24-19-10-7-17(11-12-21)15-20(19)22-2/h5-10,15H,3-4,11-14,21H2,1-2H3. The molecule has 130 valence electrons. The fraction of sp³-hybridized carbons (Fsp3) is 0.400. The van der Waals surface area contributed by atoms with E-state index in [0.717, 1.165) is 42.1 Å². The lowest BCUT2D eigenvalue weighted by Crippen LogP contribution is -2.10. The molecule has 0 aliphatic rings. The minimum absolute atomic E-state index is 0.462. The van der Waals surface area contributed by atoms with E-state index in [9.17, 15) is 0 Å². The molecule has 0 radical (unpaired) electrons. The summed E-state index contributed by atoms with van der Waals surface area (Å²) in [6.07, 6.45) is 3.08. The molecule has 24 heavy (non-hydrogen) atoms. The maximum Gasteiger partial charge on any atom is 0.161 e. The van der Waals surface area contributed by atoms with Crippen LogP contribution in [0.3, 0.4) is 0 Å². The Balaban J connectivity index is 1.81. The van der Waals surface area contributed by atoms with Crippen molar-refractivity contribution in [3.63, 3.8) is 0 Å². The van der Waals surface area contributed by atoms with E-state index in [1.54, 1.807) is 7.11 Å². The second-order valence-electron chi connectivity index (χ2n) is 5.61. The topological polar surface area (TPSA) is 53.7 Å². The van der Waals surface area contributed by atoms with Crippen LogP contribution in [0, 0.1) is 0 Å². The summed E-state index contributed by atoms with van der Waals surface area (Å²) in [6.45, 7) is 3.75. The van der Waals surface area contributed by atoms with Gasteiger partial charge in [-0.15, -0.1) is 0 Å². The van der Waals surface area contributed by atoms with E-state index in [2.05, 4.69) is 19.1 Å². The number of hydrogen-bond donors (Lipinski definition) is 1. The number of hydrogen-bond acceptors (Lipinski definition) is 4. The maximum atomic E-state index is 5.76. The summed E-state index contributed by atoms with van der Waals surface area (Å²) in [5.41, 5.74) is 8.06. The number of nitrogens with two attached hydrogens (primary N) is 1. The van der Waals surface area contributed by atoms with Gasteiger partial charge in [0.2, 0.25) is 0 Å². The molecule has 2 rings (SSSR count). The van der Waals surface area contributed by atoms with E-state index in [4.69, 9.17) is 19.9 Å². The third-order valence-corrected chi connectivity index (χ3v) is 3.73. The van der Waals surface area contributed by atoms with Crippen molar-refractivity contribution in [1.82, 2.24) is 0 Å². The molecule has 0 saturated heterocycles. The Morgan fingerprint density at radius 3 is 2.21 bits per heavy atom. The molecule has 0 atom stereocenters. The smallest absolute Gasteiger partial charge is 0.161 e. The highest BCUT2D eigenvalue weighted by Gasteiger charge is 2.06. The molecule has 2 aromatic rings. The second kappa shape index (κ2) is 9.83. The summed E-state index contributed by atoms with van der Waals surface area (Å²) in [5.74, 6) is 2.31. The number of ether oxygens (including phenoxy) is 3. The van der Waals surface area contributed by atoms with Gasteiger partial charge in [0, 0.05) is 0 Å². The Morgan fingerprint density at radius 1 is 0.833 bits per heavy atom. The predicted molar refractivity (Wildman–Crippen MR) is 97.2 cm³/mol. The summed E-state index contributed by atoms with van der Waals surface area (Å²) in [4.78, 5) is 0. The van der Waals surface area contributed by atoms with Crippen LogP contribution in [0.15, 0.2) is 42.5 Å². The van der Waals surface area contributed by atoms with Gasteiger partial charge in [0.15, 0.2) is 11.5 Å². The van der Waals surface area contributed by atoms with Gasteiger partial charge < -0.3 is 19.9 Å². The number of methoxy groups -OCH3 is 1. The first-order valence-electron chi connectivity index (χ1n) is 8.48. The van der Waals surface area contributed by atoms with Gasteiger partial charge in [0.25, 0.3) is 0 Å². The summed E-state index contributed by atoms with van der Waals surface area (Å²) in [6, 6.07) is 14.1. The van der Waals surface area contributed by atoms with E-state index in [0.29, 0.717) is 19.8 Å². The molecule has 4 nitrogen and oxygen atoms in total. The molecule has 0 spiro atoms. The van der Waals surface area contributed by atoms with Crippen molar-refractivity contribution in [2.75, 3.05) is 26.9 Å². The zero-order chi connectivity index (χ0) is 17.2. The molecular formula is C20H27NO3. The van der Waals surface area contributed by atoms with Crippen molar-refractivity contribution in [3.05, 3.63) is 53.6 Å². The molecule has 0 unspecified atom stereocenters. The van der Waals surface area contributed by atoms with Gasteiger partial charge in [-0.3, -0.25) is 0 Å². The Hall–Kier alpha value is -2.20. The van der Waals surface area contributed by atoms with Crippen molar-refractivity contribution in [3.8, 4) is 17.2 Å². The van der Waals surface area contributed by atoms with Crippen LogP contribution in [-0.2, 0) is 12.8 Å². The summed E-state index contributed by atoms with van der Waals surface area (Å²) < 4.78 is 16.9. The first kappa shape index (κ1) is 18.1. The zero-order valence-corrected chi connectivity index (χ0v) is 14.6. The third-order valence-electron chi connectivity index (χ3n) is 3.73. The van der Waals surface area contributed by atoms with Gasteiger partial charge in [-0.1, -0.05) is 31.5 Å². The van der Waals surface area contributed by atoms with E-state index < -0.39 is 0 Å². The van der Waals surface area contributed by atoms with Crippen molar-refractivity contribution in [1.29, 1.82) is 0 Å². The van der Waals surface area contributed by atoms with E-state index in [1.165, 1.54) is 5.56 Å². The number of benzene rings is 2. The highest BCUT2D eigenvalue weighted by Crippen LogP contribution is 2.28. The minimum atomic E-state index is 0.462. The van der Waals surface area contributed by atoms with Crippen molar-refractivity contribution >= 4 is 0 Å². The van der Waals surface area contributed by atoms with E-state index >= 15 is 0 Å². The largest absolute Gasteiger partial charge is 0.493 e. The fourth-order valence-corrected chi connectivity index (χ4v) is 2.51. The lowest BCUT2D eigenvalue weighted by molar-refractivity contribution is 0.211. The quantitative estimate of drug-likeness (QED) is 0.677. The van der Waals surface area contributed by atoms with Gasteiger partial charge >= 0.3 is 0 Å². The minimum Gasteiger partial charge on any atom is -0.493 e. The van der Waals surface area contributed by atoms with Crippen molar-refractivity contribution in [2.24, 2.45) is 5.73 Å². The Labute approximate surface area is 144 Å². The van der Waals surface area contributed by atoms with Crippen LogP contribution >= 0.6 is 0 Å². The number of aryl methyl sites for hydroxylation is 1. The van der Waals surface area contributed by atoms with Gasteiger partial charge in [-0.25, -0.2) is 0 Å². The van der Waals surface area contributed by atoms with Gasteiger partial charge in [-0.05, 0) is 54.8 Å². The fourth-order valence-electron chi connectivity index (χ4n) is 2.51. The van der Waals surface area contributed by atoms with Crippen LogP contribution in [0.1, 0.15) is 24.5 Å². The molecule has 0 aromatic heterocycles. The van der Waals surface area contributed by atoms with Crippen molar-refractivity contribution < 1.29 is 14.2 Å². The maximum absolute atomic E-state index is 5.76. The molecule has 0 aliphatic heterocycles. The Kier molecular flexibility index (Phi) is 7.43. The Morgan fingerprint density at radius 2 is 1.54 bits per heavy atom. The van der Waals surface area contributed by atoms with Gasteiger partial charge in [-0.2, -0.15) is 0 Å². The van der Waals surface area contributed by atoms with Gasteiger partial charge in [0.1, 0.15) is 19.0 Å². The molecule has 0 amide bonds. The van der Waals surface area contributed by atoms with Crippen LogP contribution in [0.5, 0.6) is 17.2 Å². The summed E-state index contributed by atoms with van der Waals surface area (Å²) in [7, 11) is 1.64. The number of rotatable bonds is 10. The van der Waals surface area contributed by atoms with E-state index in [-0.39, 0.29) is 0 Å². The molecule has 0 heterocycles. The first-order valence-corrected chi connectivity index (χ1v) is 8.48. The molecule has 2 aromatic carbocycles. The lowest BCUT2D eigenvalue weighted by atomic mass is 10.1. The normalized spacial score (nSPS) is 10.5. The predicted octanol–water partition coefficient (Wildman–Crippen LogP) is 3.61. The summed E-state index contributed by atoms with van der Waals surface area (Å²) in [5, 5.41) is 0.